The van der Waals surface area contributed by atoms with Crippen LogP contribution in [0.1, 0.15) is 17.0 Å². The van der Waals surface area contributed by atoms with Crippen molar-refractivity contribution in [1.82, 2.24) is 9.88 Å². The van der Waals surface area contributed by atoms with Crippen LogP contribution >= 0.6 is 0 Å². The Labute approximate surface area is 177 Å². The van der Waals surface area contributed by atoms with Crippen LogP contribution in [0.3, 0.4) is 0 Å². The molecule has 1 N–H and O–H groups in total. The number of nitrogens with one attached hydrogen (secondary N) is 1. The zero-order chi connectivity index (χ0) is 21.7. The highest BCUT2D eigenvalue weighted by atomic mass is 19.1. The number of amides is 1. The first kappa shape index (κ1) is 19.7. The summed E-state index contributed by atoms with van der Waals surface area (Å²) in [6, 6.07) is 11.0. The molecule has 3 heterocycles. The summed E-state index contributed by atoms with van der Waals surface area (Å²) in [7, 11) is 0. The Morgan fingerprint density at radius 3 is 2.65 bits per heavy atom. The van der Waals surface area contributed by atoms with E-state index in [4.69, 9.17) is 4.74 Å². The van der Waals surface area contributed by atoms with Gasteiger partial charge < -0.3 is 14.6 Å². The number of halogens is 2. The predicted octanol–water partition coefficient (Wildman–Crippen LogP) is 3.30. The quantitative estimate of drug-likeness (QED) is 0.682. The molecule has 1 fully saturated rings. The summed E-state index contributed by atoms with van der Waals surface area (Å²) in [6.07, 6.45) is -0.935. The third-order valence-electron chi connectivity index (χ3n) is 6.05. The number of hydrogen-bond donors (Lipinski definition) is 1. The molecule has 160 valence electrons. The van der Waals surface area contributed by atoms with Crippen molar-refractivity contribution < 1.29 is 18.3 Å². The maximum Gasteiger partial charge on any atom is 0.414 e. The Morgan fingerprint density at radius 1 is 1.03 bits per heavy atom. The SMILES string of the molecule is Cc1ccc(N2C[C@@H](CNC[C@@H]3Cn4c(=O)ccc5ccc(F)c3c54)OC2=O)cc1F. The molecule has 1 saturated heterocycles. The summed E-state index contributed by atoms with van der Waals surface area (Å²) in [5.74, 6) is -0.895. The van der Waals surface area contributed by atoms with Gasteiger partial charge in [-0.25, -0.2) is 13.6 Å². The molecule has 0 spiro atoms. The monoisotopic (exact) mass is 425 g/mol. The van der Waals surface area contributed by atoms with Crippen molar-refractivity contribution in [3.63, 3.8) is 0 Å². The van der Waals surface area contributed by atoms with E-state index in [0.717, 1.165) is 5.39 Å². The Kier molecular flexibility index (Phi) is 4.74. The van der Waals surface area contributed by atoms with E-state index in [1.165, 1.54) is 23.1 Å². The number of carbonyl (C=O) groups is 1. The van der Waals surface area contributed by atoms with Gasteiger partial charge in [0.25, 0.3) is 5.56 Å². The highest BCUT2D eigenvalue weighted by Crippen LogP contribution is 2.34. The molecule has 31 heavy (non-hydrogen) atoms. The number of aryl methyl sites for hydroxylation is 1. The van der Waals surface area contributed by atoms with Crippen LogP contribution in [0.4, 0.5) is 19.3 Å². The summed E-state index contributed by atoms with van der Waals surface area (Å²) < 4.78 is 35.4. The number of carbonyl (C=O) groups excluding carboxylic acids is 1. The average molecular weight is 425 g/mol. The Morgan fingerprint density at radius 2 is 1.84 bits per heavy atom. The predicted molar refractivity (Wildman–Crippen MR) is 113 cm³/mol. The van der Waals surface area contributed by atoms with Crippen LogP contribution in [0.5, 0.6) is 0 Å². The number of hydrogen-bond acceptors (Lipinski definition) is 4. The smallest absolute Gasteiger partial charge is 0.414 e. The molecular weight excluding hydrogens is 404 g/mol. The first-order valence-electron chi connectivity index (χ1n) is 10.2. The normalized spacial score (nSPS) is 20.0. The molecule has 3 aromatic rings. The lowest BCUT2D eigenvalue weighted by atomic mass is 9.99. The fraction of sp³-hybridized carbons (Fsp3) is 0.304. The molecule has 0 bridgehead atoms. The van der Waals surface area contributed by atoms with E-state index >= 15 is 0 Å². The van der Waals surface area contributed by atoms with E-state index in [-0.39, 0.29) is 23.1 Å². The Hall–Kier alpha value is -3.26. The summed E-state index contributed by atoms with van der Waals surface area (Å²) in [4.78, 5) is 25.8. The lowest BCUT2D eigenvalue weighted by Crippen LogP contribution is -2.33. The molecule has 1 amide bonds. The zero-order valence-corrected chi connectivity index (χ0v) is 16.9. The van der Waals surface area contributed by atoms with Gasteiger partial charge in [-0.1, -0.05) is 6.07 Å². The van der Waals surface area contributed by atoms with Crippen molar-refractivity contribution in [3.8, 4) is 0 Å². The van der Waals surface area contributed by atoms with Crippen molar-refractivity contribution in [3.05, 3.63) is 75.6 Å². The number of pyridine rings is 1. The van der Waals surface area contributed by atoms with Gasteiger partial charge in [-0.05, 0) is 48.2 Å². The average Bonchev–Trinajstić information content (AvgIpc) is 3.31. The highest BCUT2D eigenvalue weighted by Gasteiger charge is 2.33. The third-order valence-corrected chi connectivity index (χ3v) is 6.05. The minimum atomic E-state index is -0.523. The van der Waals surface area contributed by atoms with Gasteiger partial charge in [0, 0.05) is 37.2 Å². The van der Waals surface area contributed by atoms with E-state index in [0.29, 0.717) is 48.5 Å². The highest BCUT2D eigenvalue weighted by molar-refractivity contribution is 5.89. The molecule has 2 aliphatic heterocycles. The van der Waals surface area contributed by atoms with Crippen molar-refractivity contribution >= 4 is 22.7 Å². The van der Waals surface area contributed by atoms with Crippen molar-refractivity contribution in [2.45, 2.75) is 25.5 Å². The van der Waals surface area contributed by atoms with Crippen LogP contribution in [-0.4, -0.2) is 36.4 Å². The van der Waals surface area contributed by atoms with Crippen LogP contribution in [0.15, 0.2) is 47.3 Å². The Bertz CT molecular complexity index is 1260. The van der Waals surface area contributed by atoms with E-state index in [2.05, 4.69) is 5.32 Å². The molecule has 2 atom stereocenters. The van der Waals surface area contributed by atoms with Crippen molar-refractivity contribution in [1.29, 1.82) is 0 Å². The van der Waals surface area contributed by atoms with E-state index in [9.17, 15) is 18.4 Å². The number of aromatic nitrogens is 1. The largest absolute Gasteiger partial charge is 0.443 e. The molecule has 1 aromatic heterocycles. The number of cyclic esters (lactones) is 1. The summed E-state index contributed by atoms with van der Waals surface area (Å²) in [5.41, 5.74) is 2.01. The van der Waals surface area contributed by atoms with Gasteiger partial charge in [0.1, 0.15) is 17.7 Å². The van der Waals surface area contributed by atoms with Gasteiger partial charge in [0.05, 0.1) is 17.7 Å². The number of nitrogens with zero attached hydrogens (tertiary/aromatic N) is 2. The number of anilines is 1. The molecule has 0 saturated carbocycles. The lowest BCUT2D eigenvalue weighted by molar-refractivity contribution is 0.140. The molecule has 0 aliphatic carbocycles. The number of ether oxygens (including phenoxy) is 1. The van der Waals surface area contributed by atoms with Crippen molar-refractivity contribution in [2.75, 3.05) is 24.5 Å². The summed E-state index contributed by atoms with van der Waals surface area (Å²) in [5, 5.41) is 4.08. The first-order valence-corrected chi connectivity index (χ1v) is 10.2. The molecule has 0 unspecified atom stereocenters. The molecule has 2 aliphatic rings. The van der Waals surface area contributed by atoms with Gasteiger partial charge in [-0.3, -0.25) is 9.69 Å². The maximum absolute atomic E-state index is 14.6. The van der Waals surface area contributed by atoms with Gasteiger partial charge in [-0.2, -0.15) is 0 Å². The van der Waals surface area contributed by atoms with Crippen molar-refractivity contribution in [2.24, 2.45) is 0 Å². The van der Waals surface area contributed by atoms with Crippen LogP contribution in [0, 0.1) is 18.6 Å². The van der Waals surface area contributed by atoms with E-state index in [1.807, 2.05) is 0 Å². The lowest BCUT2D eigenvalue weighted by Gasteiger charge is -2.15. The summed E-state index contributed by atoms with van der Waals surface area (Å²) in [6.45, 7) is 3.16. The van der Waals surface area contributed by atoms with E-state index < -0.39 is 12.2 Å². The third kappa shape index (κ3) is 3.37. The van der Waals surface area contributed by atoms with Crippen LogP contribution < -0.4 is 15.8 Å². The fourth-order valence-electron chi connectivity index (χ4n) is 4.45. The number of benzene rings is 2. The molecule has 8 heteroatoms. The minimum absolute atomic E-state index is 0.146. The molecule has 2 aromatic carbocycles. The molecule has 5 rings (SSSR count). The summed E-state index contributed by atoms with van der Waals surface area (Å²) >= 11 is 0. The van der Waals surface area contributed by atoms with Gasteiger partial charge >= 0.3 is 6.09 Å². The molecular formula is C23H21F2N3O3. The maximum atomic E-state index is 14.6. The van der Waals surface area contributed by atoms with Gasteiger partial charge in [0.2, 0.25) is 0 Å². The van der Waals surface area contributed by atoms with Crippen LogP contribution in [-0.2, 0) is 11.3 Å². The van der Waals surface area contributed by atoms with Gasteiger partial charge in [-0.15, -0.1) is 0 Å². The second-order valence-electron chi connectivity index (χ2n) is 8.09. The standard InChI is InChI=1S/C23H21F2N3O3/c1-13-2-5-16(8-19(13)25)27-12-17(31-23(27)30)10-26-9-15-11-28-20(29)7-4-14-3-6-18(24)21(15)22(14)28/h2-8,15,17,26H,9-12H2,1H3/t15-,17-/m1/s1. The topological polar surface area (TPSA) is 63.6 Å². The Balaban J connectivity index is 1.25. The van der Waals surface area contributed by atoms with Crippen LogP contribution in [0.25, 0.3) is 10.9 Å². The van der Waals surface area contributed by atoms with Crippen LogP contribution in [0.2, 0.25) is 0 Å². The second-order valence-corrected chi connectivity index (χ2v) is 8.09. The molecule has 0 radical (unpaired) electrons. The van der Waals surface area contributed by atoms with E-state index in [1.54, 1.807) is 35.8 Å². The number of rotatable bonds is 5. The van der Waals surface area contributed by atoms with Gasteiger partial charge in [0.15, 0.2) is 0 Å². The fourth-order valence-corrected chi connectivity index (χ4v) is 4.45. The molecule has 6 nitrogen and oxygen atoms in total. The minimum Gasteiger partial charge on any atom is -0.443 e. The first-order chi connectivity index (χ1) is 14.9. The second kappa shape index (κ2) is 7.46. The zero-order valence-electron chi connectivity index (χ0n) is 16.9.